The van der Waals surface area contributed by atoms with Gasteiger partial charge in [-0.1, -0.05) is 59.0 Å². The minimum absolute atomic E-state index is 0.159. The van der Waals surface area contributed by atoms with Crippen LogP contribution in [-0.4, -0.2) is 16.1 Å². The van der Waals surface area contributed by atoms with Crippen LogP contribution in [0.3, 0.4) is 0 Å². The monoisotopic (exact) mass is 393 g/mol. The summed E-state index contributed by atoms with van der Waals surface area (Å²) < 4.78 is 13.6. The molecule has 8 heteroatoms. The van der Waals surface area contributed by atoms with Gasteiger partial charge < -0.3 is 5.32 Å². The number of thioether (sulfide) groups is 1. The lowest BCUT2D eigenvalue weighted by atomic mass is 10.1. The van der Waals surface area contributed by atoms with E-state index in [1.165, 1.54) is 35.2 Å². The number of carbonyl (C=O) groups is 1. The van der Waals surface area contributed by atoms with Crippen LogP contribution in [0.1, 0.15) is 11.1 Å². The van der Waals surface area contributed by atoms with Gasteiger partial charge in [0.15, 0.2) is 4.34 Å². The average molecular weight is 394 g/mol. The number of hydrogen-bond acceptors (Lipinski definition) is 5. The number of amides is 1. The van der Waals surface area contributed by atoms with Crippen LogP contribution in [0.2, 0.25) is 5.02 Å². The number of halogens is 2. The van der Waals surface area contributed by atoms with E-state index in [2.05, 4.69) is 15.5 Å². The van der Waals surface area contributed by atoms with E-state index in [9.17, 15) is 9.18 Å². The molecular formula is C17H13ClFN3OS2. The van der Waals surface area contributed by atoms with E-state index in [0.29, 0.717) is 15.9 Å². The van der Waals surface area contributed by atoms with E-state index in [4.69, 9.17) is 11.6 Å². The van der Waals surface area contributed by atoms with Gasteiger partial charge in [0.1, 0.15) is 5.82 Å². The Morgan fingerprint density at radius 2 is 1.76 bits per heavy atom. The molecule has 1 amide bonds. The van der Waals surface area contributed by atoms with Crippen molar-refractivity contribution in [2.24, 2.45) is 0 Å². The smallest absolute Gasteiger partial charge is 0.230 e. The normalized spacial score (nSPS) is 10.6. The van der Waals surface area contributed by atoms with Crippen molar-refractivity contribution in [1.82, 2.24) is 10.2 Å². The van der Waals surface area contributed by atoms with Crippen molar-refractivity contribution in [2.75, 3.05) is 5.32 Å². The fourth-order valence-electron chi connectivity index (χ4n) is 2.00. The Bertz CT molecular complexity index is 853. The van der Waals surface area contributed by atoms with Crippen LogP contribution in [-0.2, 0) is 17.0 Å². The predicted molar refractivity (Wildman–Crippen MR) is 99.7 cm³/mol. The molecule has 0 saturated heterocycles. The molecular weight excluding hydrogens is 381 g/mol. The van der Waals surface area contributed by atoms with E-state index in [-0.39, 0.29) is 18.1 Å². The number of benzene rings is 2. The summed E-state index contributed by atoms with van der Waals surface area (Å²) in [5.74, 6) is 0.247. The molecule has 0 aliphatic carbocycles. The lowest BCUT2D eigenvalue weighted by Gasteiger charge is -2.01. The van der Waals surface area contributed by atoms with Crippen molar-refractivity contribution in [3.05, 3.63) is 70.5 Å². The fraction of sp³-hybridized carbons (Fsp3) is 0.118. The van der Waals surface area contributed by atoms with Crippen LogP contribution < -0.4 is 5.32 Å². The van der Waals surface area contributed by atoms with Gasteiger partial charge in [-0.2, -0.15) is 0 Å². The third kappa shape index (κ3) is 5.52. The Kier molecular flexibility index (Phi) is 6.01. The van der Waals surface area contributed by atoms with Crippen LogP contribution in [0.4, 0.5) is 9.52 Å². The number of nitrogens with zero attached hydrogens (tertiary/aromatic N) is 2. The molecule has 4 nitrogen and oxygen atoms in total. The second kappa shape index (κ2) is 8.42. The van der Waals surface area contributed by atoms with Crippen molar-refractivity contribution in [3.8, 4) is 0 Å². The molecule has 0 saturated carbocycles. The molecule has 3 rings (SSSR count). The third-order valence-corrected chi connectivity index (χ3v) is 5.50. The number of nitrogens with one attached hydrogen (secondary N) is 1. The maximum Gasteiger partial charge on any atom is 0.230 e. The topological polar surface area (TPSA) is 54.9 Å². The zero-order valence-electron chi connectivity index (χ0n) is 12.9. The van der Waals surface area contributed by atoms with Crippen LogP contribution in [0.15, 0.2) is 52.9 Å². The maximum absolute atomic E-state index is 12.9. The first-order chi connectivity index (χ1) is 12.1. The molecule has 1 heterocycles. The van der Waals surface area contributed by atoms with E-state index in [1.807, 2.05) is 12.1 Å². The van der Waals surface area contributed by atoms with Gasteiger partial charge in [-0.05, 0) is 35.4 Å². The molecule has 2 aromatic carbocycles. The quantitative estimate of drug-likeness (QED) is 0.482. The molecule has 0 spiro atoms. The standard InChI is InChI=1S/C17H13ClFN3OS2/c18-13-5-1-11(2-6-13)9-15(23)20-16-21-22-17(25-16)24-10-12-3-7-14(19)8-4-12/h1-8H,9-10H2,(H,20,21,23). The Balaban J connectivity index is 1.51. The molecule has 128 valence electrons. The second-order valence-corrected chi connectivity index (χ2v) is 7.78. The molecule has 1 aromatic heterocycles. The van der Waals surface area contributed by atoms with E-state index >= 15 is 0 Å². The van der Waals surface area contributed by atoms with Gasteiger partial charge in [-0.25, -0.2) is 4.39 Å². The molecule has 1 N–H and O–H groups in total. The Morgan fingerprint density at radius 1 is 1.08 bits per heavy atom. The highest BCUT2D eigenvalue weighted by Gasteiger charge is 2.10. The number of carbonyl (C=O) groups excluding carboxylic acids is 1. The van der Waals surface area contributed by atoms with Crippen molar-refractivity contribution in [3.63, 3.8) is 0 Å². The van der Waals surface area contributed by atoms with Crippen LogP contribution in [0.5, 0.6) is 0 Å². The summed E-state index contributed by atoms with van der Waals surface area (Å²) in [5, 5.41) is 11.9. The summed E-state index contributed by atoms with van der Waals surface area (Å²) >= 11 is 8.62. The Morgan fingerprint density at radius 3 is 2.48 bits per heavy atom. The van der Waals surface area contributed by atoms with Crippen LogP contribution in [0.25, 0.3) is 0 Å². The molecule has 0 radical (unpaired) electrons. The minimum Gasteiger partial charge on any atom is -0.300 e. The first kappa shape index (κ1) is 17.8. The molecule has 0 unspecified atom stereocenters. The Hall–Kier alpha value is -1.96. The Labute approximate surface area is 157 Å². The van der Waals surface area contributed by atoms with Gasteiger partial charge in [-0.15, -0.1) is 10.2 Å². The lowest BCUT2D eigenvalue weighted by molar-refractivity contribution is -0.115. The minimum atomic E-state index is -0.254. The van der Waals surface area contributed by atoms with Crippen molar-refractivity contribution >= 4 is 45.7 Å². The molecule has 3 aromatic rings. The van der Waals surface area contributed by atoms with E-state index in [0.717, 1.165) is 15.5 Å². The molecule has 0 atom stereocenters. The van der Waals surface area contributed by atoms with Crippen LogP contribution >= 0.6 is 34.7 Å². The van der Waals surface area contributed by atoms with Crippen molar-refractivity contribution in [1.29, 1.82) is 0 Å². The van der Waals surface area contributed by atoms with Crippen molar-refractivity contribution in [2.45, 2.75) is 16.5 Å². The summed E-state index contributed by atoms with van der Waals surface area (Å²) in [6.45, 7) is 0. The van der Waals surface area contributed by atoms with Gasteiger partial charge in [-0.3, -0.25) is 4.79 Å². The highest BCUT2D eigenvalue weighted by Crippen LogP contribution is 2.28. The molecule has 0 fully saturated rings. The van der Waals surface area contributed by atoms with E-state index < -0.39 is 0 Å². The zero-order valence-corrected chi connectivity index (χ0v) is 15.3. The van der Waals surface area contributed by atoms with E-state index in [1.54, 1.807) is 24.3 Å². The summed E-state index contributed by atoms with van der Waals surface area (Å²) in [7, 11) is 0. The van der Waals surface area contributed by atoms with Gasteiger partial charge >= 0.3 is 0 Å². The van der Waals surface area contributed by atoms with Gasteiger partial charge in [0, 0.05) is 10.8 Å². The van der Waals surface area contributed by atoms with Gasteiger partial charge in [0.05, 0.1) is 6.42 Å². The largest absolute Gasteiger partial charge is 0.300 e. The fourth-order valence-corrected chi connectivity index (χ4v) is 3.85. The zero-order chi connectivity index (χ0) is 17.6. The third-order valence-electron chi connectivity index (χ3n) is 3.21. The number of anilines is 1. The van der Waals surface area contributed by atoms with Gasteiger partial charge in [0.2, 0.25) is 11.0 Å². The highest BCUT2D eigenvalue weighted by atomic mass is 35.5. The van der Waals surface area contributed by atoms with Gasteiger partial charge in [0.25, 0.3) is 0 Å². The number of rotatable bonds is 6. The first-order valence-electron chi connectivity index (χ1n) is 7.33. The summed E-state index contributed by atoms with van der Waals surface area (Å²) in [6, 6.07) is 13.4. The summed E-state index contributed by atoms with van der Waals surface area (Å²) in [5.41, 5.74) is 1.87. The average Bonchev–Trinajstić information content (AvgIpc) is 3.04. The molecule has 0 bridgehead atoms. The number of hydrogen-bond donors (Lipinski definition) is 1. The number of aromatic nitrogens is 2. The molecule has 25 heavy (non-hydrogen) atoms. The van der Waals surface area contributed by atoms with Crippen LogP contribution in [0, 0.1) is 5.82 Å². The van der Waals surface area contributed by atoms with Crippen molar-refractivity contribution < 1.29 is 9.18 Å². The summed E-state index contributed by atoms with van der Waals surface area (Å²) in [6.07, 6.45) is 0.245. The lowest BCUT2D eigenvalue weighted by Crippen LogP contribution is -2.14. The molecule has 0 aliphatic heterocycles. The maximum atomic E-state index is 12.9. The summed E-state index contributed by atoms with van der Waals surface area (Å²) in [4.78, 5) is 12.0. The predicted octanol–water partition coefficient (Wildman–Crippen LogP) is 4.80. The first-order valence-corrected chi connectivity index (χ1v) is 9.51. The highest BCUT2D eigenvalue weighted by molar-refractivity contribution is 8.00. The second-order valence-electron chi connectivity index (χ2n) is 5.14. The molecule has 0 aliphatic rings. The SMILES string of the molecule is O=C(Cc1ccc(Cl)cc1)Nc1nnc(SCc2ccc(F)cc2)s1.